The molecule has 37 heavy (non-hydrogen) atoms. The van der Waals surface area contributed by atoms with Crippen molar-refractivity contribution in [1.29, 1.82) is 0 Å². The molecule has 0 radical (unpaired) electrons. The minimum Gasteiger partial charge on any atom is -0.448 e. The van der Waals surface area contributed by atoms with Crippen LogP contribution in [0.1, 0.15) is 60.8 Å². The summed E-state index contributed by atoms with van der Waals surface area (Å²) >= 11 is 0. The van der Waals surface area contributed by atoms with Crippen LogP contribution in [0.3, 0.4) is 0 Å². The van der Waals surface area contributed by atoms with Crippen LogP contribution in [-0.2, 0) is 21.5 Å². The number of amides is 1. The van der Waals surface area contributed by atoms with Gasteiger partial charge in [0.05, 0.1) is 30.9 Å². The van der Waals surface area contributed by atoms with Crippen molar-refractivity contribution in [3.8, 4) is 11.1 Å². The molecule has 2 saturated heterocycles. The van der Waals surface area contributed by atoms with Crippen LogP contribution < -0.4 is 0 Å². The smallest absolute Gasteiger partial charge is 0.410 e. The first kappa shape index (κ1) is 24.2. The van der Waals surface area contributed by atoms with Gasteiger partial charge in [-0.25, -0.2) is 4.79 Å². The van der Waals surface area contributed by atoms with Crippen LogP contribution in [0.15, 0.2) is 72.8 Å². The summed E-state index contributed by atoms with van der Waals surface area (Å²) in [5.41, 5.74) is 6.10. The summed E-state index contributed by atoms with van der Waals surface area (Å²) in [6.45, 7) is 3.32. The van der Waals surface area contributed by atoms with Crippen molar-refractivity contribution < 1.29 is 19.4 Å². The summed E-state index contributed by atoms with van der Waals surface area (Å²) in [7, 11) is 0. The van der Waals surface area contributed by atoms with Gasteiger partial charge in [-0.15, -0.1) is 0 Å². The molecule has 1 aliphatic carbocycles. The molecule has 2 bridgehead atoms. The van der Waals surface area contributed by atoms with E-state index in [2.05, 4.69) is 67.6 Å². The second-order valence-electron chi connectivity index (χ2n) is 10.8. The highest BCUT2D eigenvalue weighted by atomic mass is 16.6. The van der Waals surface area contributed by atoms with Crippen LogP contribution in [0.4, 0.5) is 4.79 Å². The number of aryl methyl sites for hydroxylation is 1. The maximum Gasteiger partial charge on any atom is 0.410 e. The second kappa shape index (κ2) is 9.96. The fourth-order valence-corrected chi connectivity index (χ4v) is 6.54. The van der Waals surface area contributed by atoms with Gasteiger partial charge in [0, 0.05) is 18.8 Å². The first-order valence-electron chi connectivity index (χ1n) is 13.6. The van der Waals surface area contributed by atoms with Crippen molar-refractivity contribution in [2.45, 2.75) is 62.6 Å². The number of carbonyl (C=O) groups is 1. The van der Waals surface area contributed by atoms with Crippen molar-refractivity contribution in [1.82, 2.24) is 4.90 Å². The molecule has 0 saturated carbocycles. The van der Waals surface area contributed by atoms with Crippen LogP contribution in [0.5, 0.6) is 0 Å². The highest BCUT2D eigenvalue weighted by Crippen LogP contribution is 2.45. The topological polar surface area (TPSA) is 59.0 Å². The van der Waals surface area contributed by atoms with Crippen molar-refractivity contribution in [2.75, 3.05) is 19.8 Å². The van der Waals surface area contributed by atoms with Crippen molar-refractivity contribution in [3.63, 3.8) is 0 Å². The zero-order chi connectivity index (χ0) is 25.4. The van der Waals surface area contributed by atoms with Gasteiger partial charge in [0.15, 0.2) is 0 Å². The normalized spacial score (nSPS) is 24.4. The van der Waals surface area contributed by atoms with Gasteiger partial charge in [-0.1, -0.05) is 86.1 Å². The lowest BCUT2D eigenvalue weighted by Gasteiger charge is -2.51. The predicted molar refractivity (Wildman–Crippen MR) is 143 cm³/mol. The highest BCUT2D eigenvalue weighted by Gasteiger charge is 2.49. The third kappa shape index (κ3) is 4.45. The lowest BCUT2D eigenvalue weighted by atomic mass is 9.77. The Morgan fingerprint density at radius 1 is 0.946 bits per heavy atom. The summed E-state index contributed by atoms with van der Waals surface area (Å²) in [5, 5.41) is 11.7. The van der Waals surface area contributed by atoms with Gasteiger partial charge in [-0.2, -0.15) is 0 Å². The summed E-state index contributed by atoms with van der Waals surface area (Å²) in [6.07, 6.45) is 3.98. The van der Waals surface area contributed by atoms with Gasteiger partial charge >= 0.3 is 6.09 Å². The number of unbranched alkanes of at least 4 members (excludes halogenated alkanes) is 1. The van der Waals surface area contributed by atoms with Crippen molar-refractivity contribution in [2.24, 2.45) is 0 Å². The summed E-state index contributed by atoms with van der Waals surface area (Å²) in [4.78, 5) is 15.3. The number of aliphatic hydroxyl groups is 1. The molecule has 6 rings (SSSR count). The second-order valence-corrected chi connectivity index (χ2v) is 10.8. The number of benzene rings is 3. The Morgan fingerprint density at radius 2 is 1.54 bits per heavy atom. The quantitative estimate of drug-likeness (QED) is 0.452. The van der Waals surface area contributed by atoms with E-state index in [1.165, 1.54) is 40.7 Å². The lowest BCUT2D eigenvalue weighted by Crippen LogP contribution is -2.62. The SMILES string of the molecule is CCCCc1ccc(C2(O)CC3COCC(C2)N3C(=O)OCC2c3ccccc3-c3ccccc32)cc1. The molecular formula is C32H35NO4. The number of morpholine rings is 1. The average molecular weight is 498 g/mol. The molecule has 2 fully saturated rings. The maximum atomic E-state index is 13.5. The maximum absolute atomic E-state index is 13.5. The molecule has 2 heterocycles. The molecule has 0 aromatic heterocycles. The summed E-state index contributed by atoms with van der Waals surface area (Å²) in [5.74, 6) is 0.0281. The van der Waals surface area contributed by atoms with E-state index in [0.717, 1.165) is 12.0 Å². The Bertz CT molecular complexity index is 1210. The summed E-state index contributed by atoms with van der Waals surface area (Å²) in [6, 6.07) is 24.7. The van der Waals surface area contributed by atoms with E-state index in [1.807, 2.05) is 17.0 Å². The molecule has 5 nitrogen and oxygen atoms in total. The molecule has 0 spiro atoms. The molecule has 5 heteroatoms. The Hall–Kier alpha value is -3.15. The molecule has 2 aliphatic heterocycles. The number of nitrogens with zero attached hydrogens (tertiary/aromatic N) is 1. The monoisotopic (exact) mass is 497 g/mol. The number of fused-ring (bicyclic) bond motifs is 5. The van der Waals surface area contributed by atoms with Crippen molar-refractivity contribution in [3.05, 3.63) is 95.1 Å². The molecule has 2 unspecified atom stereocenters. The number of hydrogen-bond acceptors (Lipinski definition) is 4. The predicted octanol–water partition coefficient (Wildman–Crippen LogP) is 6.03. The van der Waals surface area contributed by atoms with Gasteiger partial charge in [0.1, 0.15) is 6.61 Å². The Morgan fingerprint density at radius 3 is 2.14 bits per heavy atom. The van der Waals surface area contributed by atoms with Crippen LogP contribution in [0.2, 0.25) is 0 Å². The minimum absolute atomic E-state index is 0.0281. The number of carbonyl (C=O) groups excluding carboxylic acids is 1. The zero-order valence-corrected chi connectivity index (χ0v) is 21.4. The molecule has 3 aromatic rings. The molecule has 3 aliphatic rings. The van der Waals surface area contributed by atoms with Gasteiger partial charge in [0.25, 0.3) is 0 Å². The summed E-state index contributed by atoms with van der Waals surface area (Å²) < 4.78 is 11.8. The van der Waals surface area contributed by atoms with Crippen LogP contribution in [0.25, 0.3) is 11.1 Å². The van der Waals surface area contributed by atoms with Crippen LogP contribution in [-0.4, -0.2) is 48.0 Å². The lowest BCUT2D eigenvalue weighted by molar-refractivity contribution is -0.136. The van der Waals surface area contributed by atoms with Gasteiger partial charge in [-0.3, -0.25) is 4.90 Å². The minimum atomic E-state index is -0.970. The van der Waals surface area contributed by atoms with E-state index in [0.29, 0.717) is 32.7 Å². The molecule has 3 aromatic carbocycles. The molecule has 192 valence electrons. The number of hydrogen-bond donors (Lipinski definition) is 1. The van der Waals surface area contributed by atoms with E-state index in [1.54, 1.807) is 0 Å². The molecule has 2 atom stereocenters. The average Bonchev–Trinajstić information content (AvgIpc) is 3.24. The number of rotatable bonds is 6. The largest absolute Gasteiger partial charge is 0.448 e. The van der Waals surface area contributed by atoms with E-state index >= 15 is 0 Å². The first-order chi connectivity index (χ1) is 18.1. The Kier molecular flexibility index (Phi) is 6.51. The van der Waals surface area contributed by atoms with E-state index in [-0.39, 0.29) is 24.1 Å². The standard InChI is InChI=1S/C32H35NO4/c1-2-3-8-22-13-15-23(16-14-22)32(35)17-24-19-36-20-25(18-32)33(24)31(34)37-21-30-28-11-6-4-9-26(28)27-10-5-7-12-29(27)30/h4-7,9-16,24-25,30,35H,2-3,8,17-21H2,1H3. The van der Waals surface area contributed by atoms with Crippen LogP contribution >= 0.6 is 0 Å². The highest BCUT2D eigenvalue weighted by molar-refractivity contribution is 5.79. The first-order valence-corrected chi connectivity index (χ1v) is 13.6. The fraction of sp³-hybridized carbons (Fsp3) is 0.406. The molecule has 1 N–H and O–H groups in total. The van der Waals surface area contributed by atoms with Gasteiger partial charge < -0.3 is 14.6 Å². The molecule has 1 amide bonds. The number of piperidine rings is 1. The van der Waals surface area contributed by atoms with Gasteiger partial charge in [0.2, 0.25) is 0 Å². The Labute approximate surface area is 219 Å². The van der Waals surface area contributed by atoms with Crippen molar-refractivity contribution >= 4 is 6.09 Å². The fourth-order valence-electron chi connectivity index (χ4n) is 6.54. The van der Waals surface area contributed by atoms with E-state index < -0.39 is 5.60 Å². The van der Waals surface area contributed by atoms with E-state index in [4.69, 9.17) is 9.47 Å². The molecular weight excluding hydrogens is 462 g/mol. The van der Waals surface area contributed by atoms with Gasteiger partial charge in [-0.05, 0) is 46.2 Å². The number of ether oxygens (including phenoxy) is 2. The third-order valence-electron chi connectivity index (χ3n) is 8.41. The van der Waals surface area contributed by atoms with Crippen LogP contribution in [0, 0.1) is 0 Å². The third-order valence-corrected chi connectivity index (χ3v) is 8.41. The Balaban J connectivity index is 1.16. The zero-order valence-electron chi connectivity index (χ0n) is 21.4. The van der Waals surface area contributed by atoms with E-state index in [9.17, 15) is 9.90 Å².